The van der Waals surface area contributed by atoms with Crippen LogP contribution in [0.4, 0.5) is 0 Å². The van der Waals surface area contributed by atoms with Gasteiger partial charge in [-0.05, 0) is 25.3 Å². The fraction of sp³-hybridized carbons (Fsp3) is 0.375. The summed E-state index contributed by atoms with van der Waals surface area (Å²) in [6.07, 6.45) is 1.57. The molecule has 2 aromatic rings. The summed E-state index contributed by atoms with van der Waals surface area (Å²) >= 11 is 1.49. The lowest BCUT2D eigenvalue weighted by Crippen LogP contribution is -2.49. The number of benzene rings is 1. The Kier molecular flexibility index (Phi) is 4.03. The predicted molar refractivity (Wildman–Crippen MR) is 82.5 cm³/mol. The first kappa shape index (κ1) is 14.2. The molecule has 1 aliphatic heterocycles. The Hall–Kier alpha value is -1.72. The molecule has 0 spiro atoms. The van der Waals surface area contributed by atoms with Crippen molar-refractivity contribution in [2.75, 3.05) is 13.2 Å². The van der Waals surface area contributed by atoms with Gasteiger partial charge in [-0.25, -0.2) is 4.98 Å². The standard InChI is InChI=1S/C16H18N2O2S/c1-12-17-14(11-21-12)15(19)18-16(7-9-20-10-8-16)13-5-3-2-4-6-13/h2-6,11H,7-10H2,1H3,(H,18,19). The minimum Gasteiger partial charge on any atom is -0.381 e. The van der Waals surface area contributed by atoms with Gasteiger partial charge in [0, 0.05) is 18.6 Å². The molecule has 5 heteroatoms. The fourth-order valence-corrected chi connectivity index (χ4v) is 3.30. The molecule has 3 rings (SSSR count). The third-order valence-corrected chi connectivity index (χ3v) is 4.65. The van der Waals surface area contributed by atoms with Crippen LogP contribution >= 0.6 is 11.3 Å². The second-order valence-corrected chi connectivity index (χ2v) is 6.33. The van der Waals surface area contributed by atoms with E-state index in [2.05, 4.69) is 22.4 Å². The van der Waals surface area contributed by atoms with Crippen LogP contribution < -0.4 is 5.32 Å². The van der Waals surface area contributed by atoms with Crippen LogP contribution in [0.15, 0.2) is 35.7 Å². The summed E-state index contributed by atoms with van der Waals surface area (Å²) in [6.45, 7) is 3.22. The van der Waals surface area contributed by atoms with Crippen LogP contribution in [0, 0.1) is 6.92 Å². The maximum absolute atomic E-state index is 12.5. The van der Waals surface area contributed by atoms with Crippen LogP contribution in [-0.2, 0) is 10.3 Å². The zero-order chi connectivity index (χ0) is 14.7. The highest BCUT2D eigenvalue weighted by Gasteiger charge is 2.36. The van der Waals surface area contributed by atoms with Gasteiger partial charge in [-0.2, -0.15) is 0 Å². The van der Waals surface area contributed by atoms with Crippen molar-refractivity contribution in [3.63, 3.8) is 0 Å². The van der Waals surface area contributed by atoms with E-state index in [4.69, 9.17) is 4.74 Å². The van der Waals surface area contributed by atoms with E-state index in [-0.39, 0.29) is 11.4 Å². The number of ether oxygens (including phenoxy) is 1. The average Bonchev–Trinajstić information content (AvgIpc) is 2.96. The number of nitrogens with one attached hydrogen (secondary N) is 1. The average molecular weight is 302 g/mol. The maximum atomic E-state index is 12.5. The van der Waals surface area contributed by atoms with Crippen molar-refractivity contribution in [3.8, 4) is 0 Å². The van der Waals surface area contributed by atoms with E-state index in [1.165, 1.54) is 11.3 Å². The van der Waals surface area contributed by atoms with E-state index in [0.717, 1.165) is 23.4 Å². The Morgan fingerprint density at radius 2 is 2.00 bits per heavy atom. The zero-order valence-electron chi connectivity index (χ0n) is 12.0. The van der Waals surface area contributed by atoms with Gasteiger partial charge >= 0.3 is 0 Å². The minimum atomic E-state index is -0.353. The van der Waals surface area contributed by atoms with E-state index >= 15 is 0 Å². The van der Waals surface area contributed by atoms with Crippen LogP contribution in [0.1, 0.15) is 33.9 Å². The molecule has 1 aromatic carbocycles. The molecule has 0 atom stereocenters. The number of rotatable bonds is 3. The molecule has 2 heterocycles. The molecular formula is C16H18N2O2S. The molecular weight excluding hydrogens is 284 g/mol. The monoisotopic (exact) mass is 302 g/mol. The van der Waals surface area contributed by atoms with Gasteiger partial charge in [0.05, 0.1) is 10.5 Å². The van der Waals surface area contributed by atoms with Crippen LogP contribution in [0.2, 0.25) is 0 Å². The summed E-state index contributed by atoms with van der Waals surface area (Å²) in [6, 6.07) is 10.1. The molecule has 1 amide bonds. The SMILES string of the molecule is Cc1nc(C(=O)NC2(c3ccccc3)CCOCC2)cs1. The Labute approximate surface area is 128 Å². The smallest absolute Gasteiger partial charge is 0.271 e. The lowest BCUT2D eigenvalue weighted by molar-refractivity contribution is 0.0344. The van der Waals surface area contributed by atoms with Gasteiger partial charge in [-0.15, -0.1) is 11.3 Å². The van der Waals surface area contributed by atoms with Gasteiger partial charge in [0.15, 0.2) is 0 Å². The summed E-state index contributed by atoms with van der Waals surface area (Å²) in [4.78, 5) is 16.8. The molecule has 1 aromatic heterocycles. The van der Waals surface area contributed by atoms with Gasteiger partial charge < -0.3 is 10.1 Å². The van der Waals surface area contributed by atoms with Crippen LogP contribution in [0.25, 0.3) is 0 Å². The number of aromatic nitrogens is 1. The first-order chi connectivity index (χ1) is 10.2. The molecule has 0 aliphatic carbocycles. The normalized spacial score (nSPS) is 17.4. The topological polar surface area (TPSA) is 51.2 Å². The molecule has 1 saturated heterocycles. The highest BCUT2D eigenvalue weighted by molar-refractivity contribution is 7.09. The second kappa shape index (κ2) is 5.95. The lowest BCUT2D eigenvalue weighted by Gasteiger charge is -2.38. The van der Waals surface area contributed by atoms with Crippen molar-refractivity contribution in [3.05, 3.63) is 52.0 Å². The van der Waals surface area contributed by atoms with Crippen LogP contribution in [0.5, 0.6) is 0 Å². The number of hydrogen-bond acceptors (Lipinski definition) is 4. The Morgan fingerprint density at radius 3 is 2.62 bits per heavy atom. The van der Waals surface area contributed by atoms with Gasteiger partial charge in [0.2, 0.25) is 0 Å². The number of aryl methyl sites for hydroxylation is 1. The van der Waals surface area contributed by atoms with Crippen LogP contribution in [-0.4, -0.2) is 24.1 Å². The maximum Gasteiger partial charge on any atom is 0.271 e. The third-order valence-electron chi connectivity index (χ3n) is 3.88. The molecule has 1 N–H and O–H groups in total. The highest BCUT2D eigenvalue weighted by Crippen LogP contribution is 2.32. The molecule has 110 valence electrons. The zero-order valence-corrected chi connectivity index (χ0v) is 12.8. The van der Waals surface area contributed by atoms with Gasteiger partial charge in [0.1, 0.15) is 5.69 Å². The molecule has 1 fully saturated rings. The van der Waals surface area contributed by atoms with Crippen molar-refractivity contribution >= 4 is 17.2 Å². The summed E-state index contributed by atoms with van der Waals surface area (Å²) in [5.74, 6) is -0.106. The molecule has 0 saturated carbocycles. The predicted octanol–water partition coefficient (Wildman–Crippen LogP) is 2.89. The van der Waals surface area contributed by atoms with E-state index in [9.17, 15) is 4.79 Å². The number of hydrogen-bond donors (Lipinski definition) is 1. The highest BCUT2D eigenvalue weighted by atomic mass is 32.1. The first-order valence-corrected chi connectivity index (χ1v) is 7.95. The van der Waals surface area contributed by atoms with Gasteiger partial charge in [0.25, 0.3) is 5.91 Å². The summed E-state index contributed by atoms with van der Waals surface area (Å²) in [5, 5.41) is 5.92. The number of thiazole rings is 1. The summed E-state index contributed by atoms with van der Waals surface area (Å²) in [5.41, 5.74) is 1.28. The Morgan fingerprint density at radius 1 is 1.29 bits per heavy atom. The van der Waals surface area contributed by atoms with E-state index in [1.807, 2.05) is 30.5 Å². The van der Waals surface area contributed by atoms with E-state index < -0.39 is 0 Å². The van der Waals surface area contributed by atoms with Gasteiger partial charge in [-0.3, -0.25) is 4.79 Å². The fourth-order valence-electron chi connectivity index (χ4n) is 2.71. The largest absolute Gasteiger partial charge is 0.381 e. The number of carbonyl (C=O) groups excluding carboxylic acids is 1. The van der Waals surface area contributed by atoms with Crippen molar-refractivity contribution in [2.24, 2.45) is 0 Å². The first-order valence-electron chi connectivity index (χ1n) is 7.07. The molecule has 1 aliphatic rings. The number of nitrogens with zero attached hydrogens (tertiary/aromatic N) is 1. The van der Waals surface area contributed by atoms with Crippen molar-refractivity contribution < 1.29 is 9.53 Å². The molecule has 21 heavy (non-hydrogen) atoms. The van der Waals surface area contributed by atoms with Crippen LogP contribution in [0.3, 0.4) is 0 Å². The van der Waals surface area contributed by atoms with Crippen molar-refractivity contribution in [1.82, 2.24) is 10.3 Å². The molecule has 0 unspecified atom stereocenters. The van der Waals surface area contributed by atoms with Crippen molar-refractivity contribution in [1.29, 1.82) is 0 Å². The summed E-state index contributed by atoms with van der Waals surface area (Å²) < 4.78 is 5.47. The van der Waals surface area contributed by atoms with E-state index in [0.29, 0.717) is 18.9 Å². The quantitative estimate of drug-likeness (QED) is 0.948. The summed E-state index contributed by atoms with van der Waals surface area (Å²) in [7, 11) is 0. The molecule has 4 nitrogen and oxygen atoms in total. The number of amides is 1. The van der Waals surface area contributed by atoms with Crippen molar-refractivity contribution in [2.45, 2.75) is 25.3 Å². The molecule has 0 radical (unpaired) electrons. The second-order valence-electron chi connectivity index (χ2n) is 5.27. The number of carbonyl (C=O) groups is 1. The minimum absolute atomic E-state index is 0.106. The Balaban J connectivity index is 1.88. The Bertz CT molecular complexity index is 618. The third kappa shape index (κ3) is 2.99. The van der Waals surface area contributed by atoms with Gasteiger partial charge in [-0.1, -0.05) is 30.3 Å². The molecule has 0 bridgehead atoms. The lowest BCUT2D eigenvalue weighted by atomic mass is 9.82. The van der Waals surface area contributed by atoms with E-state index in [1.54, 1.807) is 0 Å².